The number of nitrogens with zero attached hydrogens (tertiary/aromatic N) is 1. The van der Waals surface area contributed by atoms with Crippen molar-refractivity contribution in [2.45, 2.75) is 19.8 Å². The average molecular weight is 408 g/mol. The number of thiophene rings is 1. The fraction of sp³-hybridized carbons (Fsp3) is 0.368. The predicted octanol–water partition coefficient (Wildman–Crippen LogP) is 4.57. The summed E-state index contributed by atoms with van der Waals surface area (Å²) in [6, 6.07) is 12.0. The van der Waals surface area contributed by atoms with Gasteiger partial charge in [0.2, 0.25) is 0 Å². The number of fused-ring (bicyclic) bond motifs is 1. The second-order valence-corrected chi connectivity index (χ2v) is 9.01. The van der Waals surface area contributed by atoms with Gasteiger partial charge in [-0.25, -0.2) is 4.98 Å². The molecule has 0 spiro atoms. The maximum absolute atomic E-state index is 12.5. The average Bonchev–Trinajstić information content (AvgIpc) is 3.27. The van der Waals surface area contributed by atoms with E-state index in [1.165, 1.54) is 16.0 Å². The summed E-state index contributed by atoms with van der Waals surface area (Å²) in [4.78, 5) is 19.0. The molecule has 138 valence electrons. The second-order valence-electron chi connectivity index (χ2n) is 6.89. The van der Waals surface area contributed by atoms with Crippen molar-refractivity contribution >= 4 is 51.2 Å². The van der Waals surface area contributed by atoms with E-state index in [-0.39, 0.29) is 23.7 Å². The summed E-state index contributed by atoms with van der Waals surface area (Å²) >= 11 is 3.19. The SMILES string of the molecule is CC1(CNC(=O)c2ccc(-c3nc4ccccc4s3)s2)CCNCC1.Cl. The van der Waals surface area contributed by atoms with Crippen LogP contribution in [0.25, 0.3) is 20.1 Å². The van der Waals surface area contributed by atoms with Gasteiger partial charge in [0, 0.05) is 6.54 Å². The number of hydrogen-bond acceptors (Lipinski definition) is 5. The third kappa shape index (κ3) is 4.09. The van der Waals surface area contributed by atoms with E-state index in [1.54, 1.807) is 11.3 Å². The molecule has 2 aromatic heterocycles. The van der Waals surface area contributed by atoms with Crippen molar-refractivity contribution in [3.63, 3.8) is 0 Å². The summed E-state index contributed by atoms with van der Waals surface area (Å²) in [6.45, 7) is 5.07. The molecule has 0 saturated carbocycles. The molecule has 2 N–H and O–H groups in total. The third-order valence-corrected chi connectivity index (χ3v) is 7.11. The van der Waals surface area contributed by atoms with Crippen LogP contribution in [-0.4, -0.2) is 30.5 Å². The Kier molecular flexibility index (Phi) is 5.97. The minimum Gasteiger partial charge on any atom is -0.351 e. The Morgan fingerprint density at radius 2 is 1.96 bits per heavy atom. The molecule has 1 aliphatic heterocycles. The highest BCUT2D eigenvalue weighted by atomic mass is 35.5. The van der Waals surface area contributed by atoms with Crippen LogP contribution in [0.3, 0.4) is 0 Å². The molecule has 3 aromatic rings. The number of halogens is 1. The van der Waals surface area contributed by atoms with Crippen molar-refractivity contribution < 1.29 is 4.79 Å². The molecule has 1 aliphatic rings. The summed E-state index contributed by atoms with van der Waals surface area (Å²) in [5.41, 5.74) is 1.22. The third-order valence-electron chi connectivity index (χ3n) is 4.82. The van der Waals surface area contributed by atoms with E-state index in [0.29, 0.717) is 0 Å². The first-order valence-corrected chi connectivity index (χ1v) is 10.2. The monoisotopic (exact) mass is 407 g/mol. The molecule has 0 radical (unpaired) electrons. The van der Waals surface area contributed by atoms with Crippen molar-refractivity contribution in [3.05, 3.63) is 41.3 Å². The summed E-state index contributed by atoms with van der Waals surface area (Å²) in [7, 11) is 0. The number of carbonyl (C=O) groups excluding carboxylic acids is 1. The van der Waals surface area contributed by atoms with E-state index >= 15 is 0 Å². The molecule has 0 atom stereocenters. The molecule has 3 heterocycles. The van der Waals surface area contributed by atoms with E-state index < -0.39 is 0 Å². The number of nitrogens with one attached hydrogen (secondary N) is 2. The van der Waals surface area contributed by atoms with Crippen LogP contribution in [0.4, 0.5) is 0 Å². The lowest BCUT2D eigenvalue weighted by Gasteiger charge is -2.34. The lowest BCUT2D eigenvalue weighted by atomic mass is 9.81. The van der Waals surface area contributed by atoms with Crippen molar-refractivity contribution in [2.75, 3.05) is 19.6 Å². The molecule has 1 saturated heterocycles. The Bertz CT molecular complexity index is 866. The van der Waals surface area contributed by atoms with Crippen LogP contribution in [0.2, 0.25) is 0 Å². The van der Waals surface area contributed by atoms with Gasteiger partial charge in [0.05, 0.1) is 20.0 Å². The topological polar surface area (TPSA) is 54.0 Å². The number of hydrogen-bond donors (Lipinski definition) is 2. The molecular formula is C19H22ClN3OS2. The Balaban J connectivity index is 0.00000196. The quantitative estimate of drug-likeness (QED) is 0.666. The summed E-state index contributed by atoms with van der Waals surface area (Å²) < 4.78 is 1.18. The fourth-order valence-corrected chi connectivity index (χ4v) is 5.08. The predicted molar refractivity (Wildman–Crippen MR) is 113 cm³/mol. The van der Waals surface area contributed by atoms with Gasteiger partial charge >= 0.3 is 0 Å². The van der Waals surface area contributed by atoms with Crippen LogP contribution >= 0.6 is 35.1 Å². The van der Waals surface area contributed by atoms with Gasteiger partial charge in [0.25, 0.3) is 5.91 Å². The zero-order valence-electron chi connectivity index (χ0n) is 14.6. The number of amides is 1. The van der Waals surface area contributed by atoms with Crippen molar-refractivity contribution in [1.82, 2.24) is 15.6 Å². The minimum absolute atomic E-state index is 0. The molecule has 1 amide bonds. The second kappa shape index (κ2) is 8.05. The maximum atomic E-state index is 12.5. The molecule has 7 heteroatoms. The number of rotatable bonds is 4. The first-order valence-electron chi connectivity index (χ1n) is 8.58. The number of carbonyl (C=O) groups is 1. The highest BCUT2D eigenvalue weighted by molar-refractivity contribution is 7.26. The van der Waals surface area contributed by atoms with Gasteiger partial charge in [-0.3, -0.25) is 4.79 Å². The van der Waals surface area contributed by atoms with Gasteiger partial charge in [-0.2, -0.15) is 0 Å². The lowest BCUT2D eigenvalue weighted by molar-refractivity contribution is 0.0926. The van der Waals surface area contributed by atoms with Gasteiger partial charge < -0.3 is 10.6 Å². The van der Waals surface area contributed by atoms with E-state index in [4.69, 9.17) is 0 Å². The zero-order valence-corrected chi connectivity index (χ0v) is 17.0. The van der Waals surface area contributed by atoms with Crippen LogP contribution in [0.1, 0.15) is 29.4 Å². The Labute approximate surface area is 167 Å². The number of piperidine rings is 1. The Hall–Kier alpha value is -1.47. The molecular weight excluding hydrogens is 386 g/mol. The van der Waals surface area contributed by atoms with Gasteiger partial charge in [-0.1, -0.05) is 19.1 Å². The van der Waals surface area contributed by atoms with Crippen LogP contribution < -0.4 is 10.6 Å². The van der Waals surface area contributed by atoms with Gasteiger partial charge in [-0.15, -0.1) is 35.1 Å². The minimum atomic E-state index is 0. The number of thiazole rings is 1. The molecule has 1 aromatic carbocycles. The lowest BCUT2D eigenvalue weighted by Crippen LogP contribution is -2.42. The van der Waals surface area contributed by atoms with E-state index in [2.05, 4.69) is 28.6 Å². The highest BCUT2D eigenvalue weighted by Crippen LogP contribution is 2.34. The molecule has 4 rings (SSSR count). The van der Waals surface area contributed by atoms with E-state index in [9.17, 15) is 4.79 Å². The first-order chi connectivity index (χ1) is 12.1. The summed E-state index contributed by atoms with van der Waals surface area (Å²) in [6.07, 6.45) is 2.21. The smallest absolute Gasteiger partial charge is 0.261 e. The molecule has 0 aliphatic carbocycles. The molecule has 4 nitrogen and oxygen atoms in total. The normalized spacial score (nSPS) is 16.2. The fourth-order valence-electron chi connectivity index (χ4n) is 3.14. The van der Waals surface area contributed by atoms with Crippen LogP contribution in [0.5, 0.6) is 0 Å². The van der Waals surface area contributed by atoms with E-state index in [1.807, 2.05) is 30.3 Å². The van der Waals surface area contributed by atoms with Crippen molar-refractivity contribution in [2.24, 2.45) is 5.41 Å². The molecule has 0 unspecified atom stereocenters. The number of aromatic nitrogens is 1. The molecule has 26 heavy (non-hydrogen) atoms. The summed E-state index contributed by atoms with van der Waals surface area (Å²) in [5, 5.41) is 7.48. The van der Waals surface area contributed by atoms with Crippen molar-refractivity contribution in [3.8, 4) is 9.88 Å². The van der Waals surface area contributed by atoms with Crippen LogP contribution in [0, 0.1) is 5.41 Å². The molecule has 0 bridgehead atoms. The Morgan fingerprint density at radius 3 is 2.73 bits per heavy atom. The maximum Gasteiger partial charge on any atom is 0.261 e. The van der Waals surface area contributed by atoms with Crippen molar-refractivity contribution in [1.29, 1.82) is 0 Å². The number of benzene rings is 1. The number of para-hydroxylation sites is 1. The first kappa shape index (κ1) is 19.3. The zero-order chi connectivity index (χ0) is 17.3. The van der Waals surface area contributed by atoms with Gasteiger partial charge in [0.1, 0.15) is 5.01 Å². The highest BCUT2D eigenvalue weighted by Gasteiger charge is 2.27. The van der Waals surface area contributed by atoms with Crippen LogP contribution in [-0.2, 0) is 0 Å². The molecule has 1 fully saturated rings. The van der Waals surface area contributed by atoms with Gasteiger partial charge in [0.15, 0.2) is 0 Å². The van der Waals surface area contributed by atoms with Crippen LogP contribution in [0.15, 0.2) is 36.4 Å². The standard InChI is InChI=1S/C19H21N3OS2.ClH/c1-19(8-10-20-11-9-19)12-21-17(23)15-6-7-16(24-15)18-22-13-4-2-3-5-14(13)25-18;/h2-7,20H,8-12H2,1H3,(H,21,23);1H. The largest absolute Gasteiger partial charge is 0.351 e. The Morgan fingerprint density at radius 1 is 1.19 bits per heavy atom. The van der Waals surface area contributed by atoms with Gasteiger partial charge in [-0.05, 0) is 55.6 Å². The summed E-state index contributed by atoms with van der Waals surface area (Å²) in [5.74, 6) is 0.0251. The van der Waals surface area contributed by atoms with E-state index in [0.717, 1.165) is 52.8 Å².